The van der Waals surface area contributed by atoms with E-state index in [2.05, 4.69) is 5.32 Å². The fourth-order valence-corrected chi connectivity index (χ4v) is 3.11. The largest absolute Gasteiger partial charge is 0.497 e. The van der Waals surface area contributed by atoms with Gasteiger partial charge in [-0.15, -0.1) is 0 Å². The van der Waals surface area contributed by atoms with E-state index in [4.69, 9.17) is 9.47 Å². The number of nitrogens with zero attached hydrogens (tertiary/aromatic N) is 1. The zero-order valence-corrected chi connectivity index (χ0v) is 15.8. The predicted molar refractivity (Wildman–Crippen MR) is 104 cm³/mol. The third-order valence-electron chi connectivity index (χ3n) is 4.56. The van der Waals surface area contributed by atoms with Gasteiger partial charge in [-0.3, -0.25) is 9.59 Å². The lowest BCUT2D eigenvalue weighted by Gasteiger charge is -2.17. The van der Waals surface area contributed by atoms with Gasteiger partial charge in [0.15, 0.2) is 0 Å². The van der Waals surface area contributed by atoms with Gasteiger partial charge in [-0.2, -0.15) is 0 Å². The number of hydrogen-bond donors (Lipinski definition) is 1. The fourth-order valence-electron chi connectivity index (χ4n) is 3.11. The van der Waals surface area contributed by atoms with E-state index in [9.17, 15) is 14.4 Å². The van der Waals surface area contributed by atoms with Crippen molar-refractivity contribution < 1.29 is 23.9 Å². The summed E-state index contributed by atoms with van der Waals surface area (Å²) in [5, 5.41) is 2.76. The number of nitrogens with one attached hydrogen (secondary N) is 1. The Morgan fingerprint density at radius 3 is 2.54 bits per heavy atom. The molecule has 1 atom stereocenters. The maximum atomic E-state index is 12.7. The van der Waals surface area contributed by atoms with Crippen molar-refractivity contribution in [2.24, 2.45) is 5.92 Å². The number of carbonyl (C=O) groups excluding carboxylic acids is 3. The molecule has 1 aliphatic rings. The van der Waals surface area contributed by atoms with Crippen LogP contribution in [0.4, 0.5) is 11.4 Å². The highest BCUT2D eigenvalue weighted by atomic mass is 16.5. The average Bonchev–Trinajstić information content (AvgIpc) is 3.10. The van der Waals surface area contributed by atoms with Gasteiger partial charge in [0.1, 0.15) is 5.75 Å². The van der Waals surface area contributed by atoms with Crippen LogP contribution in [0.3, 0.4) is 0 Å². The first-order valence-electron chi connectivity index (χ1n) is 9.05. The predicted octanol–water partition coefficient (Wildman–Crippen LogP) is 2.86. The van der Waals surface area contributed by atoms with E-state index in [1.807, 2.05) is 0 Å². The molecule has 0 spiro atoms. The first-order valence-corrected chi connectivity index (χ1v) is 9.05. The summed E-state index contributed by atoms with van der Waals surface area (Å²) >= 11 is 0. The highest BCUT2D eigenvalue weighted by molar-refractivity contribution is 6.06. The normalized spacial score (nSPS) is 16.0. The summed E-state index contributed by atoms with van der Waals surface area (Å²) in [5.74, 6) is -0.740. The summed E-state index contributed by atoms with van der Waals surface area (Å²) in [6.45, 7) is 2.24. The minimum absolute atomic E-state index is 0.111. The first-order chi connectivity index (χ1) is 13.5. The number of ether oxygens (including phenoxy) is 2. The van der Waals surface area contributed by atoms with Crippen LogP contribution in [0.1, 0.15) is 23.7 Å². The number of esters is 1. The van der Waals surface area contributed by atoms with Crippen LogP contribution in [0.5, 0.6) is 5.75 Å². The average molecular weight is 382 g/mol. The van der Waals surface area contributed by atoms with Crippen LogP contribution in [0.2, 0.25) is 0 Å². The molecule has 0 unspecified atom stereocenters. The van der Waals surface area contributed by atoms with Crippen LogP contribution < -0.4 is 15.0 Å². The zero-order valence-electron chi connectivity index (χ0n) is 15.8. The third kappa shape index (κ3) is 4.14. The number of methoxy groups -OCH3 is 1. The number of benzene rings is 2. The number of carbonyl (C=O) groups is 3. The Hall–Kier alpha value is -3.35. The van der Waals surface area contributed by atoms with Crippen molar-refractivity contribution in [2.75, 3.05) is 30.5 Å². The second-order valence-corrected chi connectivity index (χ2v) is 6.36. The van der Waals surface area contributed by atoms with Gasteiger partial charge in [-0.05, 0) is 43.3 Å². The van der Waals surface area contributed by atoms with Crippen LogP contribution in [0, 0.1) is 5.92 Å². The summed E-state index contributed by atoms with van der Waals surface area (Å²) < 4.78 is 10.2. The van der Waals surface area contributed by atoms with Crippen molar-refractivity contribution in [1.29, 1.82) is 0 Å². The van der Waals surface area contributed by atoms with Crippen molar-refractivity contribution >= 4 is 29.2 Å². The molecule has 2 amide bonds. The molecular weight excluding hydrogens is 360 g/mol. The fraction of sp³-hybridized carbons (Fsp3) is 0.286. The molecule has 0 radical (unpaired) electrons. The van der Waals surface area contributed by atoms with Crippen LogP contribution in [-0.4, -0.2) is 38.0 Å². The second kappa shape index (κ2) is 8.56. The molecule has 1 N–H and O–H groups in total. The van der Waals surface area contributed by atoms with Crippen LogP contribution in [-0.2, 0) is 14.3 Å². The molecule has 7 heteroatoms. The lowest BCUT2D eigenvalue weighted by Crippen LogP contribution is -2.28. The van der Waals surface area contributed by atoms with Crippen molar-refractivity contribution in [1.82, 2.24) is 0 Å². The lowest BCUT2D eigenvalue weighted by molar-refractivity contribution is -0.122. The molecule has 0 bridgehead atoms. The van der Waals surface area contributed by atoms with Crippen LogP contribution >= 0.6 is 0 Å². The van der Waals surface area contributed by atoms with Gasteiger partial charge in [-0.1, -0.05) is 12.1 Å². The van der Waals surface area contributed by atoms with Gasteiger partial charge in [-0.25, -0.2) is 4.79 Å². The van der Waals surface area contributed by atoms with E-state index >= 15 is 0 Å². The molecule has 1 saturated heterocycles. The molecular formula is C21H22N2O5. The Bertz CT molecular complexity index is 879. The zero-order chi connectivity index (χ0) is 20.1. The Morgan fingerprint density at radius 2 is 1.86 bits per heavy atom. The molecule has 28 heavy (non-hydrogen) atoms. The summed E-state index contributed by atoms with van der Waals surface area (Å²) in [5.41, 5.74) is 1.38. The number of anilines is 2. The van der Waals surface area contributed by atoms with Crippen LogP contribution in [0.15, 0.2) is 48.5 Å². The molecule has 0 aromatic heterocycles. The van der Waals surface area contributed by atoms with Gasteiger partial charge < -0.3 is 19.7 Å². The van der Waals surface area contributed by atoms with E-state index in [0.717, 1.165) is 0 Å². The number of hydrogen-bond acceptors (Lipinski definition) is 5. The molecule has 1 heterocycles. The maximum Gasteiger partial charge on any atom is 0.340 e. The maximum absolute atomic E-state index is 12.7. The first kappa shape index (κ1) is 19.4. The van der Waals surface area contributed by atoms with E-state index < -0.39 is 11.9 Å². The monoisotopic (exact) mass is 382 g/mol. The van der Waals surface area contributed by atoms with Crippen molar-refractivity contribution in [3.63, 3.8) is 0 Å². The van der Waals surface area contributed by atoms with E-state index in [-0.39, 0.29) is 37.0 Å². The van der Waals surface area contributed by atoms with E-state index in [0.29, 0.717) is 17.1 Å². The van der Waals surface area contributed by atoms with E-state index in [1.54, 1.807) is 67.5 Å². The standard InChI is InChI=1S/C21H22N2O5/c1-3-28-21(26)17-6-4-5-7-18(17)22-20(25)14-12-19(24)23(13-14)15-8-10-16(27-2)11-9-15/h4-11,14H,3,12-13H2,1-2H3,(H,22,25)/t14-/m1/s1. The highest BCUT2D eigenvalue weighted by Crippen LogP contribution is 2.28. The molecule has 2 aromatic rings. The third-order valence-corrected chi connectivity index (χ3v) is 4.56. The number of rotatable bonds is 6. The minimum atomic E-state index is -0.509. The molecule has 0 saturated carbocycles. The molecule has 7 nitrogen and oxygen atoms in total. The van der Waals surface area contributed by atoms with E-state index in [1.165, 1.54) is 0 Å². The summed E-state index contributed by atoms with van der Waals surface area (Å²) in [7, 11) is 1.57. The SMILES string of the molecule is CCOC(=O)c1ccccc1NC(=O)[C@@H]1CC(=O)N(c2ccc(OC)cc2)C1. The molecule has 146 valence electrons. The minimum Gasteiger partial charge on any atom is -0.497 e. The topological polar surface area (TPSA) is 84.9 Å². The Kier molecular flexibility index (Phi) is 5.93. The van der Waals surface area contributed by atoms with Crippen molar-refractivity contribution in [2.45, 2.75) is 13.3 Å². The second-order valence-electron chi connectivity index (χ2n) is 6.36. The summed E-state index contributed by atoms with van der Waals surface area (Å²) in [6, 6.07) is 13.8. The molecule has 2 aromatic carbocycles. The Morgan fingerprint density at radius 1 is 1.14 bits per heavy atom. The Labute approximate surface area is 163 Å². The molecule has 1 fully saturated rings. The quantitative estimate of drug-likeness (QED) is 0.777. The number of para-hydroxylation sites is 1. The molecule has 0 aliphatic carbocycles. The van der Waals surface area contributed by atoms with Gasteiger partial charge in [0.05, 0.1) is 30.9 Å². The molecule has 3 rings (SSSR count). The highest BCUT2D eigenvalue weighted by Gasteiger charge is 2.35. The van der Waals surface area contributed by atoms with Crippen LogP contribution in [0.25, 0.3) is 0 Å². The molecule has 1 aliphatic heterocycles. The Balaban J connectivity index is 1.71. The summed E-state index contributed by atoms with van der Waals surface area (Å²) in [6.07, 6.45) is 0.111. The van der Waals surface area contributed by atoms with Gasteiger partial charge in [0.25, 0.3) is 0 Å². The van der Waals surface area contributed by atoms with Gasteiger partial charge >= 0.3 is 5.97 Å². The number of amides is 2. The summed E-state index contributed by atoms with van der Waals surface area (Å²) in [4.78, 5) is 38.8. The smallest absolute Gasteiger partial charge is 0.340 e. The van der Waals surface area contributed by atoms with Gasteiger partial charge in [0, 0.05) is 18.7 Å². The lowest BCUT2D eigenvalue weighted by atomic mass is 10.1. The van der Waals surface area contributed by atoms with Crippen molar-refractivity contribution in [3.05, 3.63) is 54.1 Å². The van der Waals surface area contributed by atoms with Crippen molar-refractivity contribution in [3.8, 4) is 5.75 Å². The van der Waals surface area contributed by atoms with Gasteiger partial charge in [0.2, 0.25) is 11.8 Å².